The van der Waals surface area contributed by atoms with E-state index in [2.05, 4.69) is 4.72 Å². The van der Waals surface area contributed by atoms with Gasteiger partial charge in [-0.3, -0.25) is 10.1 Å². The van der Waals surface area contributed by atoms with Crippen LogP contribution in [0.15, 0.2) is 23.1 Å². The van der Waals surface area contributed by atoms with Crippen molar-refractivity contribution in [2.75, 3.05) is 13.7 Å². The molecule has 0 aliphatic heterocycles. The van der Waals surface area contributed by atoms with Crippen molar-refractivity contribution in [3.05, 3.63) is 28.3 Å². The summed E-state index contributed by atoms with van der Waals surface area (Å²) in [7, 11) is -2.65. The second-order valence-corrected chi connectivity index (χ2v) is 5.66. The summed E-state index contributed by atoms with van der Waals surface area (Å²) in [6.45, 7) is 1.61. The van der Waals surface area contributed by atoms with Crippen molar-refractivity contribution in [2.24, 2.45) is 5.73 Å². The topological polar surface area (TPSA) is 125 Å². The van der Waals surface area contributed by atoms with Gasteiger partial charge >= 0.3 is 0 Å². The summed E-state index contributed by atoms with van der Waals surface area (Å²) in [5.74, 6) is 0.206. The molecule has 0 radical (unpaired) electrons. The zero-order valence-electron chi connectivity index (χ0n) is 10.5. The predicted octanol–water partition coefficient (Wildman–Crippen LogP) is 0.229. The van der Waals surface area contributed by atoms with Gasteiger partial charge in [-0.05, 0) is 19.1 Å². The van der Waals surface area contributed by atoms with Crippen molar-refractivity contribution in [3.8, 4) is 5.75 Å². The van der Waals surface area contributed by atoms with Gasteiger partial charge in [-0.25, -0.2) is 13.1 Å². The monoisotopic (exact) mass is 289 g/mol. The molecule has 1 atom stereocenters. The number of hydrogen-bond donors (Lipinski definition) is 2. The third kappa shape index (κ3) is 3.88. The molecule has 0 amide bonds. The summed E-state index contributed by atoms with van der Waals surface area (Å²) in [6, 6.07) is 3.13. The van der Waals surface area contributed by atoms with Crippen molar-refractivity contribution in [2.45, 2.75) is 17.9 Å². The highest BCUT2D eigenvalue weighted by Gasteiger charge is 2.26. The number of benzene rings is 1. The minimum Gasteiger partial charge on any atom is -0.497 e. The molecule has 0 saturated carbocycles. The van der Waals surface area contributed by atoms with Gasteiger partial charge in [-0.1, -0.05) is 0 Å². The second-order valence-electron chi connectivity index (χ2n) is 3.92. The molecule has 0 saturated heterocycles. The molecule has 0 aliphatic rings. The van der Waals surface area contributed by atoms with Gasteiger partial charge in [0, 0.05) is 12.6 Å². The molecular weight excluding hydrogens is 274 g/mol. The van der Waals surface area contributed by atoms with Crippen molar-refractivity contribution in [1.82, 2.24) is 4.72 Å². The number of sulfonamides is 1. The molecule has 3 N–H and O–H groups in total. The quantitative estimate of drug-likeness (QED) is 0.570. The maximum absolute atomic E-state index is 11.9. The van der Waals surface area contributed by atoms with Crippen LogP contribution in [0.1, 0.15) is 6.92 Å². The molecule has 1 aromatic carbocycles. The van der Waals surface area contributed by atoms with Gasteiger partial charge in [0.2, 0.25) is 10.0 Å². The second kappa shape index (κ2) is 5.95. The molecule has 0 fully saturated rings. The number of nitro benzene ring substituents is 1. The fraction of sp³-hybridized carbons (Fsp3) is 0.400. The van der Waals surface area contributed by atoms with Crippen LogP contribution >= 0.6 is 0 Å². The fourth-order valence-corrected chi connectivity index (χ4v) is 2.61. The van der Waals surface area contributed by atoms with Crippen LogP contribution in [0.3, 0.4) is 0 Å². The average Bonchev–Trinajstić information content (AvgIpc) is 2.35. The lowest BCUT2D eigenvalue weighted by molar-refractivity contribution is -0.387. The molecule has 8 nitrogen and oxygen atoms in total. The summed E-state index contributed by atoms with van der Waals surface area (Å²) < 4.78 is 30.9. The smallest absolute Gasteiger partial charge is 0.293 e. The van der Waals surface area contributed by atoms with Crippen LogP contribution in [-0.2, 0) is 10.0 Å². The number of rotatable bonds is 6. The van der Waals surface area contributed by atoms with E-state index in [0.29, 0.717) is 0 Å². The first-order valence-electron chi connectivity index (χ1n) is 5.35. The van der Waals surface area contributed by atoms with E-state index >= 15 is 0 Å². The van der Waals surface area contributed by atoms with Crippen LogP contribution in [-0.4, -0.2) is 33.0 Å². The Morgan fingerprint density at radius 3 is 2.63 bits per heavy atom. The molecule has 19 heavy (non-hydrogen) atoms. The first-order chi connectivity index (χ1) is 8.77. The van der Waals surface area contributed by atoms with Crippen molar-refractivity contribution in [1.29, 1.82) is 0 Å². The number of ether oxygens (including phenoxy) is 1. The van der Waals surface area contributed by atoms with Crippen molar-refractivity contribution < 1.29 is 18.1 Å². The van der Waals surface area contributed by atoms with Gasteiger partial charge in [-0.2, -0.15) is 0 Å². The van der Waals surface area contributed by atoms with E-state index < -0.39 is 31.6 Å². The molecule has 0 aromatic heterocycles. The minimum absolute atomic E-state index is 0.00842. The molecule has 0 aliphatic carbocycles. The molecule has 0 spiro atoms. The normalized spacial score (nSPS) is 13.0. The number of hydrogen-bond acceptors (Lipinski definition) is 6. The molecular formula is C10H15N3O5S. The van der Waals surface area contributed by atoms with Crippen LogP contribution in [0, 0.1) is 10.1 Å². The fourth-order valence-electron chi connectivity index (χ4n) is 1.31. The number of methoxy groups -OCH3 is 1. The van der Waals surface area contributed by atoms with Gasteiger partial charge in [0.15, 0.2) is 4.90 Å². The van der Waals surface area contributed by atoms with Crippen molar-refractivity contribution in [3.63, 3.8) is 0 Å². The Balaban J connectivity index is 3.22. The maximum Gasteiger partial charge on any atom is 0.293 e. The SMILES string of the molecule is COc1ccc(S(=O)(=O)NCC(C)N)c([N+](=O)[O-])c1. The zero-order valence-corrected chi connectivity index (χ0v) is 11.3. The highest BCUT2D eigenvalue weighted by atomic mass is 32.2. The molecule has 1 rings (SSSR count). The van der Waals surface area contributed by atoms with E-state index in [1.54, 1.807) is 6.92 Å². The first kappa shape index (κ1) is 15.3. The molecule has 1 unspecified atom stereocenters. The Bertz CT molecular complexity index is 571. The highest BCUT2D eigenvalue weighted by Crippen LogP contribution is 2.27. The van der Waals surface area contributed by atoms with Gasteiger partial charge in [0.05, 0.1) is 18.1 Å². The minimum atomic E-state index is -3.98. The molecule has 1 aromatic rings. The van der Waals surface area contributed by atoms with E-state index in [9.17, 15) is 18.5 Å². The van der Waals surface area contributed by atoms with Crippen LogP contribution in [0.25, 0.3) is 0 Å². The van der Waals surface area contributed by atoms with Crippen LogP contribution in [0.2, 0.25) is 0 Å². The molecule has 0 bridgehead atoms. The summed E-state index contributed by atoms with van der Waals surface area (Å²) in [5, 5.41) is 10.9. The van der Waals surface area contributed by atoms with Gasteiger partial charge < -0.3 is 10.5 Å². The molecule has 106 valence electrons. The number of nitrogens with two attached hydrogens (primary N) is 1. The lowest BCUT2D eigenvalue weighted by Gasteiger charge is -2.09. The van der Waals surface area contributed by atoms with Crippen molar-refractivity contribution >= 4 is 15.7 Å². The predicted molar refractivity (Wildman–Crippen MR) is 68.5 cm³/mol. The number of nitrogens with zero attached hydrogens (tertiary/aromatic N) is 1. The first-order valence-corrected chi connectivity index (χ1v) is 6.84. The molecule has 0 heterocycles. The lowest BCUT2D eigenvalue weighted by Crippen LogP contribution is -2.35. The van der Waals surface area contributed by atoms with Crippen LogP contribution in [0.4, 0.5) is 5.69 Å². The zero-order chi connectivity index (χ0) is 14.6. The van der Waals surface area contributed by atoms with E-state index in [1.807, 2.05) is 0 Å². The third-order valence-electron chi connectivity index (χ3n) is 2.25. The number of nitro groups is 1. The summed E-state index contributed by atoms with van der Waals surface area (Å²) in [5.41, 5.74) is 4.90. The van der Waals surface area contributed by atoms with Crippen LogP contribution < -0.4 is 15.2 Å². The van der Waals surface area contributed by atoms with E-state index in [1.165, 1.54) is 13.2 Å². The Morgan fingerprint density at radius 1 is 1.53 bits per heavy atom. The van der Waals surface area contributed by atoms with Gasteiger partial charge in [-0.15, -0.1) is 0 Å². The maximum atomic E-state index is 11.9. The Hall–Kier alpha value is -1.71. The standard InChI is InChI=1S/C10H15N3O5S/c1-7(11)6-12-19(16,17)10-4-3-8(18-2)5-9(10)13(14)15/h3-5,7,12H,6,11H2,1-2H3. The van der Waals surface area contributed by atoms with Crippen LogP contribution in [0.5, 0.6) is 5.75 Å². The Morgan fingerprint density at radius 2 is 2.16 bits per heavy atom. The third-order valence-corrected chi connectivity index (χ3v) is 3.72. The Kier molecular flexibility index (Phi) is 4.81. The lowest BCUT2D eigenvalue weighted by atomic mass is 10.3. The largest absolute Gasteiger partial charge is 0.497 e. The van der Waals surface area contributed by atoms with Gasteiger partial charge in [0.1, 0.15) is 5.75 Å². The average molecular weight is 289 g/mol. The Labute approximate surface area is 110 Å². The van der Waals surface area contributed by atoms with E-state index in [0.717, 1.165) is 12.1 Å². The molecule has 9 heteroatoms. The summed E-state index contributed by atoms with van der Waals surface area (Å²) in [4.78, 5) is 9.72. The van der Waals surface area contributed by atoms with E-state index in [-0.39, 0.29) is 12.3 Å². The van der Waals surface area contributed by atoms with Gasteiger partial charge in [0.25, 0.3) is 5.69 Å². The summed E-state index contributed by atoms with van der Waals surface area (Å²) in [6.07, 6.45) is 0. The highest BCUT2D eigenvalue weighted by molar-refractivity contribution is 7.89. The number of nitrogens with one attached hydrogen (secondary N) is 1. The van der Waals surface area contributed by atoms with E-state index in [4.69, 9.17) is 10.5 Å². The summed E-state index contributed by atoms with van der Waals surface area (Å²) >= 11 is 0.